The number of aryl methyl sites for hydroxylation is 2. The van der Waals surface area contributed by atoms with Crippen molar-refractivity contribution in [3.8, 4) is 0 Å². The number of benzene rings is 2. The molecule has 0 aliphatic carbocycles. The molecule has 33 heavy (non-hydrogen) atoms. The van der Waals surface area contributed by atoms with Crippen LogP contribution < -0.4 is 4.90 Å². The average molecular weight is 443 g/mol. The summed E-state index contributed by atoms with van der Waals surface area (Å²) in [4.78, 5) is 34.7. The molecule has 170 valence electrons. The van der Waals surface area contributed by atoms with E-state index in [1.807, 2.05) is 65.8 Å². The van der Waals surface area contributed by atoms with Crippen molar-refractivity contribution in [3.63, 3.8) is 0 Å². The Hall–Kier alpha value is -3.67. The van der Waals surface area contributed by atoms with Gasteiger partial charge in [-0.25, -0.2) is 4.98 Å². The number of para-hydroxylation sites is 3. The largest absolute Gasteiger partial charge is 0.334 e. The highest BCUT2D eigenvalue weighted by atomic mass is 16.2. The van der Waals surface area contributed by atoms with Crippen molar-refractivity contribution in [2.75, 3.05) is 24.5 Å². The Morgan fingerprint density at radius 2 is 1.76 bits per heavy atom. The summed E-state index contributed by atoms with van der Waals surface area (Å²) in [6.07, 6.45) is 3.80. The van der Waals surface area contributed by atoms with Gasteiger partial charge in [-0.3, -0.25) is 9.59 Å². The molecule has 1 aromatic heterocycles. The number of fused-ring (bicyclic) bond motifs is 1. The molecule has 0 N–H and O–H groups in total. The van der Waals surface area contributed by atoms with Gasteiger partial charge in [0.2, 0.25) is 11.8 Å². The third-order valence-electron chi connectivity index (χ3n) is 6.23. The lowest BCUT2D eigenvalue weighted by molar-refractivity contribution is -0.130. The first-order valence-electron chi connectivity index (χ1n) is 11.3. The van der Waals surface area contributed by atoms with E-state index >= 15 is 0 Å². The summed E-state index contributed by atoms with van der Waals surface area (Å²) >= 11 is 0. The molecule has 1 aliphatic rings. The van der Waals surface area contributed by atoms with E-state index < -0.39 is 0 Å². The smallest absolute Gasteiger partial charge is 0.243 e. The summed E-state index contributed by atoms with van der Waals surface area (Å²) < 4.78 is 1.98. The summed E-state index contributed by atoms with van der Waals surface area (Å²) in [6.45, 7) is 13.2. The predicted octanol–water partition coefficient (Wildman–Crippen LogP) is 4.37. The molecule has 0 spiro atoms. The highest BCUT2D eigenvalue weighted by Crippen LogP contribution is 2.36. The molecule has 1 unspecified atom stereocenters. The molecule has 2 heterocycles. The van der Waals surface area contributed by atoms with Crippen LogP contribution >= 0.6 is 0 Å². The van der Waals surface area contributed by atoms with E-state index in [1.165, 1.54) is 0 Å². The maximum Gasteiger partial charge on any atom is 0.243 e. The van der Waals surface area contributed by atoms with Crippen molar-refractivity contribution >= 4 is 28.5 Å². The minimum Gasteiger partial charge on any atom is -0.334 e. The van der Waals surface area contributed by atoms with Gasteiger partial charge in [-0.15, -0.1) is 13.2 Å². The number of aromatic nitrogens is 2. The van der Waals surface area contributed by atoms with Crippen LogP contribution in [0.25, 0.3) is 11.0 Å². The molecule has 0 bridgehead atoms. The molecular weight excluding hydrogens is 412 g/mol. The number of imidazole rings is 1. The third-order valence-corrected chi connectivity index (χ3v) is 6.23. The summed E-state index contributed by atoms with van der Waals surface area (Å²) in [7, 11) is 0. The van der Waals surface area contributed by atoms with Gasteiger partial charge in [0.05, 0.1) is 11.0 Å². The van der Waals surface area contributed by atoms with E-state index in [1.54, 1.807) is 17.1 Å². The predicted molar refractivity (Wildman–Crippen MR) is 132 cm³/mol. The van der Waals surface area contributed by atoms with E-state index in [0.29, 0.717) is 26.1 Å². The first kappa shape index (κ1) is 22.5. The summed E-state index contributed by atoms with van der Waals surface area (Å²) in [6, 6.07) is 13.9. The van der Waals surface area contributed by atoms with Gasteiger partial charge in [0.15, 0.2) is 0 Å². The van der Waals surface area contributed by atoms with Crippen LogP contribution in [0.1, 0.15) is 29.3 Å². The Labute approximate surface area is 194 Å². The van der Waals surface area contributed by atoms with Crippen LogP contribution in [0.2, 0.25) is 0 Å². The number of rotatable bonds is 8. The van der Waals surface area contributed by atoms with Crippen LogP contribution in [0.15, 0.2) is 67.8 Å². The molecule has 1 atom stereocenters. The van der Waals surface area contributed by atoms with Crippen LogP contribution in [0, 0.1) is 13.8 Å². The topological polar surface area (TPSA) is 58.4 Å². The molecule has 1 saturated heterocycles. The average Bonchev–Trinajstić information content (AvgIpc) is 3.34. The Morgan fingerprint density at radius 1 is 1.09 bits per heavy atom. The summed E-state index contributed by atoms with van der Waals surface area (Å²) in [5.41, 5.74) is 4.87. The maximum atomic E-state index is 13.1. The molecule has 6 heteroatoms. The van der Waals surface area contributed by atoms with Gasteiger partial charge in [0.25, 0.3) is 0 Å². The van der Waals surface area contributed by atoms with Crippen LogP contribution in [0.3, 0.4) is 0 Å². The third kappa shape index (κ3) is 4.33. The van der Waals surface area contributed by atoms with Crippen LogP contribution in [0.4, 0.5) is 5.69 Å². The van der Waals surface area contributed by atoms with Crippen molar-refractivity contribution < 1.29 is 9.59 Å². The lowest BCUT2D eigenvalue weighted by Gasteiger charge is -2.22. The molecule has 4 rings (SSSR count). The van der Waals surface area contributed by atoms with E-state index in [4.69, 9.17) is 4.98 Å². The van der Waals surface area contributed by atoms with Crippen molar-refractivity contribution in [1.29, 1.82) is 0 Å². The molecule has 0 saturated carbocycles. The zero-order valence-corrected chi connectivity index (χ0v) is 19.3. The van der Waals surface area contributed by atoms with Gasteiger partial charge in [0.1, 0.15) is 12.4 Å². The van der Waals surface area contributed by atoms with Crippen molar-refractivity contribution in [2.45, 2.75) is 32.7 Å². The first-order valence-corrected chi connectivity index (χ1v) is 11.3. The number of hydrogen-bond donors (Lipinski definition) is 0. The zero-order valence-electron chi connectivity index (χ0n) is 19.3. The number of hydrogen-bond acceptors (Lipinski definition) is 3. The highest BCUT2D eigenvalue weighted by Gasteiger charge is 2.36. The van der Waals surface area contributed by atoms with Gasteiger partial charge in [-0.05, 0) is 37.1 Å². The fourth-order valence-corrected chi connectivity index (χ4v) is 4.73. The van der Waals surface area contributed by atoms with E-state index in [9.17, 15) is 9.59 Å². The van der Waals surface area contributed by atoms with Gasteiger partial charge < -0.3 is 14.4 Å². The van der Waals surface area contributed by atoms with E-state index in [2.05, 4.69) is 13.2 Å². The standard InChI is InChI=1S/C27H30N4O2/c1-5-14-29(15-6-2)25(33)18-30-23-13-8-7-12-22(23)28-27(30)21-16-24(32)31(17-21)26-19(3)10-9-11-20(26)4/h5-13,21H,1-2,14-18H2,3-4H3. The minimum atomic E-state index is -0.0936. The lowest BCUT2D eigenvalue weighted by Crippen LogP contribution is -2.34. The van der Waals surface area contributed by atoms with Crippen LogP contribution in [0.5, 0.6) is 0 Å². The lowest BCUT2D eigenvalue weighted by atomic mass is 10.1. The molecular formula is C27H30N4O2. The number of anilines is 1. The fourth-order valence-electron chi connectivity index (χ4n) is 4.73. The second-order valence-electron chi connectivity index (χ2n) is 8.57. The molecule has 0 radical (unpaired) electrons. The molecule has 2 amide bonds. The normalized spacial score (nSPS) is 15.8. The van der Waals surface area contributed by atoms with Gasteiger partial charge in [0, 0.05) is 37.7 Å². The molecule has 3 aromatic rings. The summed E-state index contributed by atoms with van der Waals surface area (Å²) in [5, 5.41) is 0. The monoisotopic (exact) mass is 442 g/mol. The Kier molecular flexibility index (Phi) is 6.45. The number of carbonyl (C=O) groups excluding carboxylic acids is 2. The molecule has 1 aliphatic heterocycles. The van der Waals surface area contributed by atoms with E-state index in [0.717, 1.165) is 33.7 Å². The highest BCUT2D eigenvalue weighted by molar-refractivity contribution is 5.98. The van der Waals surface area contributed by atoms with Crippen molar-refractivity contribution in [1.82, 2.24) is 14.5 Å². The molecule has 6 nitrogen and oxygen atoms in total. The van der Waals surface area contributed by atoms with Crippen molar-refractivity contribution in [3.05, 3.63) is 84.7 Å². The van der Waals surface area contributed by atoms with Gasteiger partial charge in [-0.2, -0.15) is 0 Å². The quantitative estimate of drug-likeness (QED) is 0.487. The number of amides is 2. The number of nitrogens with zero attached hydrogens (tertiary/aromatic N) is 4. The first-order chi connectivity index (χ1) is 15.9. The molecule has 2 aromatic carbocycles. The van der Waals surface area contributed by atoms with Gasteiger partial charge >= 0.3 is 0 Å². The maximum absolute atomic E-state index is 13.1. The number of carbonyl (C=O) groups is 2. The second-order valence-corrected chi connectivity index (χ2v) is 8.57. The fraction of sp³-hybridized carbons (Fsp3) is 0.296. The van der Waals surface area contributed by atoms with Crippen molar-refractivity contribution in [2.24, 2.45) is 0 Å². The molecule has 1 fully saturated rings. The minimum absolute atomic E-state index is 0.0323. The zero-order chi connectivity index (χ0) is 23.5. The Balaban J connectivity index is 1.70. The van der Waals surface area contributed by atoms with Crippen LogP contribution in [-0.4, -0.2) is 45.9 Å². The summed E-state index contributed by atoms with van der Waals surface area (Å²) in [5.74, 6) is 0.741. The van der Waals surface area contributed by atoms with Crippen LogP contribution in [-0.2, 0) is 16.1 Å². The SMILES string of the molecule is C=CCN(CC=C)C(=O)Cn1c(C2CC(=O)N(c3c(C)cccc3C)C2)nc2ccccc21. The second kappa shape index (κ2) is 9.45. The van der Waals surface area contributed by atoms with Gasteiger partial charge in [-0.1, -0.05) is 42.5 Å². The Bertz CT molecular complexity index is 1200. The Morgan fingerprint density at radius 3 is 2.42 bits per heavy atom. The van der Waals surface area contributed by atoms with E-state index in [-0.39, 0.29) is 24.3 Å².